The van der Waals surface area contributed by atoms with Gasteiger partial charge in [0.1, 0.15) is 17.8 Å². The molecule has 2 saturated heterocycles. The summed E-state index contributed by atoms with van der Waals surface area (Å²) in [5.41, 5.74) is 3.01. The number of nitrogens with one attached hydrogen (secondary N) is 2. The minimum Gasteiger partial charge on any atom is -0.352 e. The lowest BCUT2D eigenvalue weighted by Gasteiger charge is -2.37. The van der Waals surface area contributed by atoms with E-state index in [0.717, 1.165) is 59.3 Å². The summed E-state index contributed by atoms with van der Waals surface area (Å²) in [6.45, 7) is 6.89. The Morgan fingerprint density at radius 3 is 2.60 bits per heavy atom. The third-order valence-corrected chi connectivity index (χ3v) is 8.58. The Bertz CT molecular complexity index is 1350. The molecule has 0 spiro atoms. The number of aromatic amines is 1. The first kappa shape index (κ1) is 22.6. The molecule has 0 radical (unpaired) electrons. The highest BCUT2D eigenvalue weighted by molar-refractivity contribution is 7.97. The molecule has 2 aliphatic rings. The Morgan fingerprint density at radius 2 is 1.83 bits per heavy atom. The van der Waals surface area contributed by atoms with Crippen molar-refractivity contribution < 1.29 is 0 Å². The van der Waals surface area contributed by atoms with Gasteiger partial charge in [-0.2, -0.15) is 0 Å². The second-order valence-corrected chi connectivity index (χ2v) is 10.8. The van der Waals surface area contributed by atoms with Crippen LogP contribution in [0.2, 0.25) is 0 Å². The van der Waals surface area contributed by atoms with Gasteiger partial charge in [-0.3, -0.25) is 0 Å². The van der Waals surface area contributed by atoms with Gasteiger partial charge in [0.05, 0.1) is 5.39 Å². The van der Waals surface area contributed by atoms with E-state index in [4.69, 9.17) is 12.2 Å². The molecule has 2 aromatic carbocycles. The molecule has 4 aromatic rings. The normalized spacial score (nSPS) is 19.1. The highest BCUT2D eigenvalue weighted by Gasteiger charge is 2.24. The van der Waals surface area contributed by atoms with Crippen molar-refractivity contribution in [1.82, 2.24) is 24.2 Å². The molecule has 2 fully saturated rings. The van der Waals surface area contributed by atoms with E-state index in [-0.39, 0.29) is 0 Å². The monoisotopic (exact) mass is 503 g/mol. The summed E-state index contributed by atoms with van der Waals surface area (Å²) in [6.07, 6.45) is 4.23. The second kappa shape index (κ2) is 9.64. The van der Waals surface area contributed by atoms with Gasteiger partial charge < -0.3 is 20.1 Å². The largest absolute Gasteiger partial charge is 0.352 e. The van der Waals surface area contributed by atoms with E-state index in [1.165, 1.54) is 29.7 Å². The van der Waals surface area contributed by atoms with Crippen LogP contribution in [0.3, 0.4) is 0 Å². The first-order valence-electron chi connectivity index (χ1n) is 12.2. The Balaban J connectivity index is 1.09. The van der Waals surface area contributed by atoms with Gasteiger partial charge in [0.25, 0.3) is 0 Å². The maximum absolute atomic E-state index is 5.75. The molecule has 0 aliphatic carbocycles. The number of H-pyrrole nitrogens is 1. The molecule has 180 valence electrons. The molecule has 2 aromatic heterocycles. The van der Waals surface area contributed by atoms with Gasteiger partial charge in [-0.15, -0.1) is 0 Å². The summed E-state index contributed by atoms with van der Waals surface area (Å²) in [5.74, 6) is 0.992. The topological polar surface area (TPSA) is 63.3 Å². The standard InChI is InChI=1S/C26H29N7S2/c1-18-5-4-12-33(18)35-20-10-8-19(9-11-20)29-26(34)32-15-13-31(14-16-32)25-23-21-6-2-3-7-22(21)30-24(23)27-17-28-25/h2-3,6-11,17-18H,4-5,12-16H2,1H3,(H,29,34)(H,27,28,30). The summed E-state index contributed by atoms with van der Waals surface area (Å²) in [4.78, 5) is 18.4. The van der Waals surface area contributed by atoms with Crippen molar-refractivity contribution >= 4 is 62.7 Å². The highest BCUT2D eigenvalue weighted by atomic mass is 32.2. The molecule has 2 aliphatic heterocycles. The predicted octanol–water partition coefficient (Wildman–Crippen LogP) is 5.12. The van der Waals surface area contributed by atoms with Crippen LogP contribution < -0.4 is 10.2 Å². The average Bonchev–Trinajstić information content (AvgIpc) is 3.48. The fourth-order valence-corrected chi connectivity index (χ4v) is 6.33. The number of anilines is 2. The number of aromatic nitrogens is 3. The van der Waals surface area contributed by atoms with Crippen LogP contribution in [0.4, 0.5) is 11.5 Å². The van der Waals surface area contributed by atoms with E-state index >= 15 is 0 Å². The lowest BCUT2D eigenvalue weighted by atomic mass is 10.2. The number of benzene rings is 2. The predicted molar refractivity (Wildman–Crippen MR) is 149 cm³/mol. The Labute approximate surface area is 215 Å². The molecule has 7 nitrogen and oxygen atoms in total. The zero-order valence-corrected chi connectivity index (χ0v) is 21.4. The van der Waals surface area contributed by atoms with E-state index < -0.39 is 0 Å². The molecule has 6 rings (SSSR count). The quantitative estimate of drug-likeness (QED) is 0.294. The molecule has 0 amide bonds. The summed E-state index contributed by atoms with van der Waals surface area (Å²) in [6, 6.07) is 17.6. The van der Waals surface area contributed by atoms with Crippen LogP contribution in [0.25, 0.3) is 21.9 Å². The van der Waals surface area contributed by atoms with Gasteiger partial charge >= 0.3 is 0 Å². The average molecular weight is 504 g/mol. The Kier molecular flexibility index (Phi) is 6.22. The minimum atomic E-state index is 0.651. The van der Waals surface area contributed by atoms with Crippen molar-refractivity contribution in [2.45, 2.75) is 30.7 Å². The van der Waals surface area contributed by atoms with Crippen molar-refractivity contribution in [2.24, 2.45) is 0 Å². The lowest BCUT2D eigenvalue weighted by Crippen LogP contribution is -2.50. The number of fused-ring (bicyclic) bond motifs is 3. The molecule has 35 heavy (non-hydrogen) atoms. The maximum Gasteiger partial charge on any atom is 0.173 e. The molecule has 1 atom stereocenters. The van der Waals surface area contributed by atoms with Gasteiger partial charge in [0.15, 0.2) is 5.11 Å². The summed E-state index contributed by atoms with van der Waals surface area (Å²) < 4.78 is 2.48. The summed E-state index contributed by atoms with van der Waals surface area (Å²) >= 11 is 7.61. The maximum atomic E-state index is 5.75. The highest BCUT2D eigenvalue weighted by Crippen LogP contribution is 2.32. The zero-order chi connectivity index (χ0) is 23.8. The smallest absolute Gasteiger partial charge is 0.173 e. The number of nitrogens with zero attached hydrogens (tertiary/aromatic N) is 5. The van der Waals surface area contributed by atoms with E-state index in [2.05, 4.69) is 83.8 Å². The molecular weight excluding hydrogens is 474 g/mol. The molecule has 0 bridgehead atoms. The Morgan fingerprint density at radius 1 is 1.03 bits per heavy atom. The van der Waals surface area contributed by atoms with Gasteiger partial charge in [-0.25, -0.2) is 14.3 Å². The van der Waals surface area contributed by atoms with Crippen LogP contribution in [-0.4, -0.2) is 68.0 Å². The number of rotatable bonds is 4. The van der Waals surface area contributed by atoms with Crippen LogP contribution in [0.5, 0.6) is 0 Å². The van der Waals surface area contributed by atoms with Gasteiger partial charge in [0.2, 0.25) is 0 Å². The molecule has 2 N–H and O–H groups in total. The third kappa shape index (κ3) is 4.55. The van der Waals surface area contributed by atoms with Gasteiger partial charge in [-0.05, 0) is 74.3 Å². The third-order valence-electron chi connectivity index (χ3n) is 6.96. The number of para-hydroxylation sites is 1. The molecule has 1 unspecified atom stereocenters. The van der Waals surface area contributed by atoms with Gasteiger partial charge in [-0.1, -0.05) is 18.2 Å². The fourth-order valence-electron chi connectivity index (χ4n) is 5.00. The van der Waals surface area contributed by atoms with Crippen LogP contribution >= 0.6 is 24.2 Å². The minimum absolute atomic E-state index is 0.651. The number of hydrogen-bond donors (Lipinski definition) is 2. The second-order valence-electron chi connectivity index (χ2n) is 9.24. The van der Waals surface area contributed by atoms with Crippen molar-refractivity contribution in [3.05, 3.63) is 54.9 Å². The van der Waals surface area contributed by atoms with E-state index in [1.807, 2.05) is 18.0 Å². The van der Waals surface area contributed by atoms with E-state index in [1.54, 1.807) is 6.33 Å². The SMILES string of the molecule is CC1CCCN1Sc1ccc(NC(=S)N2CCN(c3ncnc4[nH]c5ccccc5c34)CC2)cc1. The van der Waals surface area contributed by atoms with E-state index in [0.29, 0.717) is 6.04 Å². The molecule has 4 heterocycles. The lowest BCUT2D eigenvalue weighted by molar-refractivity contribution is 0.390. The van der Waals surface area contributed by atoms with Crippen LogP contribution in [0, 0.1) is 0 Å². The van der Waals surface area contributed by atoms with Crippen LogP contribution in [-0.2, 0) is 0 Å². The van der Waals surface area contributed by atoms with Crippen LogP contribution in [0.15, 0.2) is 59.8 Å². The Hall–Kier alpha value is -2.88. The van der Waals surface area contributed by atoms with Crippen molar-refractivity contribution in [1.29, 1.82) is 0 Å². The number of hydrogen-bond acceptors (Lipinski definition) is 6. The van der Waals surface area contributed by atoms with Crippen molar-refractivity contribution in [3.63, 3.8) is 0 Å². The number of piperazine rings is 1. The molecule has 9 heteroatoms. The zero-order valence-electron chi connectivity index (χ0n) is 19.8. The summed E-state index contributed by atoms with van der Waals surface area (Å²) in [7, 11) is 0. The number of thiocarbonyl (C=S) groups is 1. The fraction of sp³-hybridized carbons (Fsp3) is 0.346. The van der Waals surface area contributed by atoms with Crippen molar-refractivity contribution in [3.8, 4) is 0 Å². The first-order chi connectivity index (χ1) is 17.2. The first-order valence-corrected chi connectivity index (χ1v) is 13.4. The van der Waals surface area contributed by atoms with Gasteiger partial charge in [0, 0.05) is 60.3 Å². The molecular formula is C26H29N7S2. The van der Waals surface area contributed by atoms with Crippen molar-refractivity contribution in [2.75, 3.05) is 42.9 Å². The molecule has 0 saturated carbocycles. The van der Waals surface area contributed by atoms with E-state index in [9.17, 15) is 0 Å². The van der Waals surface area contributed by atoms with Crippen LogP contribution in [0.1, 0.15) is 19.8 Å². The summed E-state index contributed by atoms with van der Waals surface area (Å²) in [5, 5.41) is 6.47.